The van der Waals surface area contributed by atoms with E-state index >= 15 is 0 Å². The Morgan fingerprint density at radius 3 is 2.50 bits per heavy atom. The first-order valence-corrected chi connectivity index (χ1v) is 12.4. The lowest BCUT2D eigenvalue weighted by Crippen LogP contribution is -2.34. The maximum atomic E-state index is 12.8. The molecule has 0 aromatic heterocycles. The number of ether oxygens (including phenoxy) is 1. The lowest BCUT2D eigenvalue weighted by atomic mass is 9.89. The number of amides is 2. The van der Waals surface area contributed by atoms with Gasteiger partial charge < -0.3 is 4.74 Å². The van der Waals surface area contributed by atoms with E-state index in [2.05, 4.69) is 0 Å². The molecule has 4 rings (SSSR count). The van der Waals surface area contributed by atoms with Gasteiger partial charge in [-0.3, -0.25) is 14.5 Å². The second kappa shape index (κ2) is 10.3. The van der Waals surface area contributed by atoms with E-state index < -0.39 is 0 Å². The minimum Gasteiger partial charge on any atom is -0.486 e. The standard InChI is InChI=1S/C25H25Cl2NO3S/c1-16-6-5-9-18(10-16)15-31-23-20(26)11-19(12-21(23)27)13-22-24(29)28(25(30)32-22)14-17-7-3-2-4-8-17/h5-6,9-13,17H,2-4,7-8,14-15H2,1H3/b22-13+. The van der Waals surface area contributed by atoms with E-state index in [1.54, 1.807) is 18.2 Å². The third kappa shape index (κ3) is 5.51. The Hall–Kier alpha value is -1.95. The lowest BCUT2D eigenvalue weighted by molar-refractivity contribution is -0.123. The van der Waals surface area contributed by atoms with E-state index in [0.717, 1.165) is 35.7 Å². The third-order valence-corrected chi connectivity index (χ3v) is 7.29. The second-order valence-corrected chi connectivity index (χ2v) is 10.2. The minimum absolute atomic E-state index is 0.206. The largest absolute Gasteiger partial charge is 0.486 e. The van der Waals surface area contributed by atoms with Gasteiger partial charge in [-0.1, -0.05) is 72.3 Å². The topological polar surface area (TPSA) is 46.6 Å². The zero-order valence-corrected chi connectivity index (χ0v) is 20.2. The first-order valence-electron chi connectivity index (χ1n) is 10.8. The molecule has 0 bridgehead atoms. The molecule has 0 N–H and O–H groups in total. The fraction of sp³-hybridized carbons (Fsp3) is 0.360. The van der Waals surface area contributed by atoms with Crippen LogP contribution < -0.4 is 4.74 Å². The van der Waals surface area contributed by atoms with Crippen molar-refractivity contribution < 1.29 is 14.3 Å². The summed E-state index contributed by atoms with van der Waals surface area (Å²) in [7, 11) is 0. The van der Waals surface area contributed by atoms with Crippen LogP contribution in [-0.2, 0) is 11.4 Å². The lowest BCUT2D eigenvalue weighted by Gasteiger charge is -2.25. The molecular weight excluding hydrogens is 465 g/mol. The highest BCUT2D eigenvalue weighted by molar-refractivity contribution is 8.18. The van der Waals surface area contributed by atoms with Gasteiger partial charge in [0.2, 0.25) is 0 Å². The fourth-order valence-electron chi connectivity index (χ4n) is 4.19. The Balaban J connectivity index is 1.46. The predicted octanol–water partition coefficient (Wildman–Crippen LogP) is 7.50. The Bertz CT molecular complexity index is 1040. The third-order valence-electron chi connectivity index (χ3n) is 5.82. The number of halogens is 2. The number of aryl methyl sites for hydroxylation is 1. The van der Waals surface area contributed by atoms with Gasteiger partial charge in [-0.15, -0.1) is 0 Å². The summed E-state index contributed by atoms with van der Waals surface area (Å²) in [6.45, 7) is 2.88. The van der Waals surface area contributed by atoms with Crippen LogP contribution >= 0.6 is 35.0 Å². The summed E-state index contributed by atoms with van der Waals surface area (Å²) >= 11 is 13.8. The van der Waals surface area contributed by atoms with Crippen LogP contribution in [0.5, 0.6) is 5.75 Å². The first-order chi connectivity index (χ1) is 15.4. The molecule has 7 heteroatoms. The van der Waals surface area contributed by atoms with Crippen LogP contribution in [0.2, 0.25) is 10.0 Å². The molecule has 1 saturated heterocycles. The van der Waals surface area contributed by atoms with Crippen molar-refractivity contribution in [2.75, 3.05) is 6.54 Å². The molecule has 1 aliphatic heterocycles. The molecule has 168 valence electrons. The number of carbonyl (C=O) groups excluding carboxylic acids is 2. The predicted molar refractivity (Wildman–Crippen MR) is 131 cm³/mol. The average Bonchev–Trinajstić information content (AvgIpc) is 3.01. The van der Waals surface area contributed by atoms with Crippen molar-refractivity contribution in [3.8, 4) is 5.75 Å². The van der Waals surface area contributed by atoms with Crippen molar-refractivity contribution in [2.45, 2.75) is 45.6 Å². The molecule has 0 radical (unpaired) electrons. The summed E-state index contributed by atoms with van der Waals surface area (Å²) < 4.78 is 5.85. The second-order valence-electron chi connectivity index (χ2n) is 8.39. The Morgan fingerprint density at radius 1 is 1.09 bits per heavy atom. The highest BCUT2D eigenvalue weighted by atomic mass is 35.5. The van der Waals surface area contributed by atoms with E-state index in [4.69, 9.17) is 27.9 Å². The van der Waals surface area contributed by atoms with Crippen molar-refractivity contribution in [3.63, 3.8) is 0 Å². The van der Waals surface area contributed by atoms with Crippen LogP contribution in [0.25, 0.3) is 6.08 Å². The number of nitrogens with zero attached hydrogens (tertiary/aromatic N) is 1. The molecule has 0 spiro atoms. The molecule has 1 saturated carbocycles. The molecular formula is C25H25Cl2NO3S. The molecule has 2 amide bonds. The molecule has 1 aliphatic carbocycles. The van der Waals surface area contributed by atoms with Crippen LogP contribution in [0.4, 0.5) is 4.79 Å². The summed E-state index contributed by atoms with van der Waals surface area (Å²) in [6.07, 6.45) is 7.42. The fourth-order valence-corrected chi connectivity index (χ4v) is 5.66. The highest BCUT2D eigenvalue weighted by Crippen LogP contribution is 2.38. The van der Waals surface area contributed by atoms with Gasteiger partial charge in [0.15, 0.2) is 5.75 Å². The number of hydrogen-bond donors (Lipinski definition) is 0. The number of thioether (sulfide) groups is 1. The van der Waals surface area contributed by atoms with Crippen LogP contribution in [0.3, 0.4) is 0 Å². The quantitative estimate of drug-likeness (QED) is 0.394. The summed E-state index contributed by atoms with van der Waals surface area (Å²) in [5.41, 5.74) is 2.83. The van der Waals surface area contributed by atoms with E-state index in [9.17, 15) is 9.59 Å². The number of rotatable bonds is 6. The van der Waals surface area contributed by atoms with Crippen LogP contribution in [0.1, 0.15) is 48.8 Å². The van der Waals surface area contributed by atoms with Crippen molar-refractivity contribution >= 4 is 52.2 Å². The van der Waals surface area contributed by atoms with Gasteiger partial charge in [0.25, 0.3) is 11.1 Å². The van der Waals surface area contributed by atoms with Gasteiger partial charge in [-0.25, -0.2) is 0 Å². The van der Waals surface area contributed by atoms with Gasteiger partial charge in [-0.05, 0) is 66.8 Å². The molecule has 2 aliphatic rings. The van der Waals surface area contributed by atoms with Crippen LogP contribution in [0, 0.1) is 12.8 Å². The van der Waals surface area contributed by atoms with Crippen molar-refractivity contribution in [1.82, 2.24) is 4.90 Å². The van der Waals surface area contributed by atoms with Gasteiger partial charge in [0.1, 0.15) is 6.61 Å². The SMILES string of the molecule is Cc1cccc(COc2c(Cl)cc(/C=C3/SC(=O)N(CC4CCCCC4)C3=O)cc2Cl)c1. The van der Waals surface area contributed by atoms with Gasteiger partial charge in [0, 0.05) is 6.54 Å². The van der Waals surface area contributed by atoms with Crippen molar-refractivity contribution in [2.24, 2.45) is 5.92 Å². The van der Waals surface area contributed by atoms with Gasteiger partial charge in [0.05, 0.1) is 15.0 Å². The van der Waals surface area contributed by atoms with Crippen molar-refractivity contribution in [3.05, 3.63) is 68.0 Å². The number of hydrogen-bond acceptors (Lipinski definition) is 4. The molecule has 2 aromatic rings. The zero-order chi connectivity index (χ0) is 22.7. The summed E-state index contributed by atoms with van der Waals surface area (Å²) in [6, 6.07) is 11.4. The van der Waals surface area contributed by atoms with Gasteiger partial charge in [-0.2, -0.15) is 0 Å². The number of carbonyl (C=O) groups is 2. The Labute approximate surface area is 202 Å². The normalized spacial score (nSPS) is 18.6. The van der Waals surface area contributed by atoms with Crippen LogP contribution in [-0.4, -0.2) is 22.6 Å². The molecule has 2 fully saturated rings. The summed E-state index contributed by atoms with van der Waals surface area (Å²) in [5, 5.41) is 0.512. The number of benzene rings is 2. The molecule has 0 atom stereocenters. The minimum atomic E-state index is -0.238. The maximum absolute atomic E-state index is 12.8. The number of imide groups is 1. The Morgan fingerprint density at radius 2 is 1.81 bits per heavy atom. The monoisotopic (exact) mass is 489 g/mol. The first kappa shape index (κ1) is 23.2. The van der Waals surface area contributed by atoms with Crippen LogP contribution in [0.15, 0.2) is 41.3 Å². The van der Waals surface area contributed by atoms with E-state index in [1.165, 1.54) is 24.2 Å². The molecule has 4 nitrogen and oxygen atoms in total. The Kier molecular flexibility index (Phi) is 7.49. The molecule has 2 aromatic carbocycles. The van der Waals surface area contributed by atoms with E-state index in [1.807, 2.05) is 31.2 Å². The van der Waals surface area contributed by atoms with Crippen molar-refractivity contribution in [1.29, 1.82) is 0 Å². The summed E-state index contributed by atoms with van der Waals surface area (Å²) in [4.78, 5) is 27.1. The van der Waals surface area contributed by atoms with Gasteiger partial charge >= 0.3 is 0 Å². The maximum Gasteiger partial charge on any atom is 0.293 e. The molecule has 1 heterocycles. The summed E-state index contributed by atoms with van der Waals surface area (Å²) in [5.74, 6) is 0.570. The molecule has 0 unspecified atom stereocenters. The highest BCUT2D eigenvalue weighted by Gasteiger charge is 2.36. The molecule has 32 heavy (non-hydrogen) atoms. The van der Waals surface area contributed by atoms with E-state index in [-0.39, 0.29) is 11.1 Å². The zero-order valence-electron chi connectivity index (χ0n) is 17.9. The average molecular weight is 490 g/mol. The van der Waals surface area contributed by atoms with E-state index in [0.29, 0.717) is 45.3 Å². The smallest absolute Gasteiger partial charge is 0.293 e.